The van der Waals surface area contributed by atoms with Gasteiger partial charge in [0.2, 0.25) is 6.79 Å². The van der Waals surface area contributed by atoms with Crippen molar-refractivity contribution in [2.75, 3.05) is 6.79 Å². The zero-order valence-electron chi connectivity index (χ0n) is 13.7. The van der Waals surface area contributed by atoms with Crippen LogP contribution in [-0.2, 0) is 11.3 Å². The maximum absolute atomic E-state index is 12.5. The molecule has 128 valence electrons. The van der Waals surface area contributed by atoms with Gasteiger partial charge in [-0.3, -0.25) is 0 Å². The Balaban J connectivity index is 1.74. The summed E-state index contributed by atoms with van der Waals surface area (Å²) in [6, 6.07) is 3.85. The predicted octanol–water partition coefficient (Wildman–Crippen LogP) is 4.22. The van der Waals surface area contributed by atoms with E-state index in [0.717, 1.165) is 33.7 Å². The number of nitrogens with zero attached hydrogens (tertiary/aromatic N) is 1. The van der Waals surface area contributed by atoms with Crippen LogP contribution < -0.4 is 9.47 Å². The summed E-state index contributed by atoms with van der Waals surface area (Å²) in [7, 11) is 0. The number of carbonyl (C=O) groups excluding carboxylic acids is 1. The molecule has 0 saturated heterocycles. The summed E-state index contributed by atoms with van der Waals surface area (Å²) >= 11 is 2.18. The standard InChI is InChI=1S/C19H16INO4/c1-2-3-4-5-6-7-12-10-21-14-9-16-15(23-11-24-16)8-13(14)17(20)18(21)19(22)25-12/h7-9H,2-4,10-11H2,1H3/b12-7+. The largest absolute Gasteiger partial charge is 0.454 e. The Morgan fingerprint density at radius 1 is 1.32 bits per heavy atom. The van der Waals surface area contributed by atoms with E-state index >= 15 is 0 Å². The second-order valence-corrected chi connectivity index (χ2v) is 6.97. The Morgan fingerprint density at radius 2 is 2.12 bits per heavy atom. The molecule has 1 aromatic heterocycles. The quantitative estimate of drug-likeness (QED) is 0.298. The van der Waals surface area contributed by atoms with Crippen LogP contribution >= 0.6 is 22.6 Å². The van der Waals surface area contributed by atoms with Crippen molar-refractivity contribution in [1.29, 1.82) is 0 Å². The minimum Gasteiger partial charge on any atom is -0.454 e. The molecular formula is C19H16INO4. The van der Waals surface area contributed by atoms with E-state index in [1.165, 1.54) is 0 Å². The summed E-state index contributed by atoms with van der Waals surface area (Å²) in [6.07, 6.45) is 4.75. The SMILES string of the molecule is CCCCC#C/C=C1\Cn2c(c(I)c3cc4c(cc32)OCO4)C(=O)O1. The zero-order chi connectivity index (χ0) is 17.4. The number of fused-ring (bicyclic) bond motifs is 4. The highest BCUT2D eigenvalue weighted by Crippen LogP contribution is 2.41. The molecule has 0 fully saturated rings. The number of benzene rings is 1. The van der Waals surface area contributed by atoms with Gasteiger partial charge in [0.15, 0.2) is 11.5 Å². The van der Waals surface area contributed by atoms with Gasteiger partial charge >= 0.3 is 5.97 Å². The maximum atomic E-state index is 12.5. The van der Waals surface area contributed by atoms with E-state index in [2.05, 4.69) is 41.4 Å². The van der Waals surface area contributed by atoms with Crippen LogP contribution in [0, 0.1) is 15.4 Å². The number of hydrogen-bond donors (Lipinski definition) is 0. The average Bonchev–Trinajstić information content (AvgIpc) is 3.16. The van der Waals surface area contributed by atoms with Gasteiger partial charge in [0, 0.05) is 23.9 Å². The van der Waals surface area contributed by atoms with Gasteiger partial charge in [0.05, 0.1) is 15.6 Å². The van der Waals surface area contributed by atoms with Gasteiger partial charge in [-0.15, -0.1) is 0 Å². The van der Waals surface area contributed by atoms with E-state index in [9.17, 15) is 4.79 Å². The fraction of sp³-hybridized carbons (Fsp3) is 0.316. The van der Waals surface area contributed by atoms with Gasteiger partial charge in [-0.2, -0.15) is 0 Å². The molecule has 1 aromatic carbocycles. The lowest BCUT2D eigenvalue weighted by atomic mass is 10.2. The third kappa shape index (κ3) is 2.86. The van der Waals surface area contributed by atoms with Crippen molar-refractivity contribution in [3.63, 3.8) is 0 Å². The molecule has 3 heterocycles. The Bertz CT molecular complexity index is 961. The number of cyclic esters (lactones) is 1. The van der Waals surface area contributed by atoms with E-state index in [-0.39, 0.29) is 12.8 Å². The Labute approximate surface area is 159 Å². The number of rotatable bonds is 2. The van der Waals surface area contributed by atoms with E-state index in [4.69, 9.17) is 14.2 Å². The van der Waals surface area contributed by atoms with Crippen molar-refractivity contribution >= 4 is 39.5 Å². The number of hydrogen-bond acceptors (Lipinski definition) is 4. The van der Waals surface area contributed by atoms with Gasteiger partial charge in [-0.25, -0.2) is 4.79 Å². The molecule has 2 aliphatic rings. The Hall–Kier alpha value is -2.14. The van der Waals surface area contributed by atoms with Crippen LogP contribution in [0.2, 0.25) is 0 Å². The molecule has 0 N–H and O–H groups in total. The van der Waals surface area contributed by atoms with Crippen molar-refractivity contribution in [1.82, 2.24) is 4.57 Å². The highest BCUT2D eigenvalue weighted by Gasteiger charge is 2.30. The third-order valence-corrected chi connectivity index (χ3v) is 5.31. The summed E-state index contributed by atoms with van der Waals surface area (Å²) in [5.41, 5.74) is 1.50. The molecule has 4 rings (SSSR count). The lowest BCUT2D eigenvalue weighted by Crippen LogP contribution is -2.21. The maximum Gasteiger partial charge on any atom is 0.361 e. The van der Waals surface area contributed by atoms with E-state index < -0.39 is 0 Å². The lowest BCUT2D eigenvalue weighted by Gasteiger charge is -2.18. The molecule has 2 aromatic rings. The first-order chi connectivity index (χ1) is 12.2. The van der Waals surface area contributed by atoms with Crippen LogP contribution in [0.5, 0.6) is 11.5 Å². The molecular weight excluding hydrogens is 433 g/mol. The Morgan fingerprint density at radius 3 is 2.92 bits per heavy atom. The number of ether oxygens (including phenoxy) is 3. The van der Waals surface area contributed by atoms with Crippen LogP contribution in [0.4, 0.5) is 0 Å². The molecule has 6 heteroatoms. The fourth-order valence-electron chi connectivity index (χ4n) is 2.96. The summed E-state index contributed by atoms with van der Waals surface area (Å²) in [5.74, 6) is 7.69. The van der Waals surface area contributed by atoms with Crippen molar-refractivity contribution < 1.29 is 19.0 Å². The van der Waals surface area contributed by atoms with E-state index in [1.807, 2.05) is 16.7 Å². The molecule has 0 spiro atoms. The fourth-order valence-corrected chi connectivity index (χ4v) is 3.90. The number of unbranched alkanes of at least 4 members (excludes halogenated alkanes) is 2. The highest BCUT2D eigenvalue weighted by molar-refractivity contribution is 14.1. The van der Waals surface area contributed by atoms with Crippen LogP contribution in [0.3, 0.4) is 0 Å². The summed E-state index contributed by atoms with van der Waals surface area (Å²) in [6.45, 7) is 2.84. The van der Waals surface area contributed by atoms with Crippen LogP contribution in [0.25, 0.3) is 10.9 Å². The monoisotopic (exact) mass is 449 g/mol. The molecule has 0 saturated carbocycles. The van der Waals surface area contributed by atoms with Crippen molar-refractivity contribution in [3.05, 3.63) is 33.2 Å². The van der Waals surface area contributed by atoms with Gasteiger partial charge in [-0.1, -0.05) is 25.2 Å². The van der Waals surface area contributed by atoms with Gasteiger partial charge in [0.1, 0.15) is 11.5 Å². The molecule has 2 aliphatic heterocycles. The minimum atomic E-state index is -0.351. The summed E-state index contributed by atoms with van der Waals surface area (Å²) < 4.78 is 19.2. The molecule has 0 atom stereocenters. The molecule has 0 bridgehead atoms. The van der Waals surface area contributed by atoms with Crippen LogP contribution in [0.15, 0.2) is 24.0 Å². The van der Waals surface area contributed by atoms with Gasteiger partial charge in [0.25, 0.3) is 0 Å². The number of esters is 1. The second-order valence-electron chi connectivity index (χ2n) is 5.90. The van der Waals surface area contributed by atoms with Gasteiger partial charge < -0.3 is 18.8 Å². The van der Waals surface area contributed by atoms with E-state index in [0.29, 0.717) is 29.5 Å². The number of halogens is 1. The third-order valence-electron chi connectivity index (χ3n) is 4.22. The smallest absolute Gasteiger partial charge is 0.361 e. The van der Waals surface area contributed by atoms with Crippen LogP contribution in [-0.4, -0.2) is 17.3 Å². The topological polar surface area (TPSA) is 49.7 Å². The first-order valence-electron chi connectivity index (χ1n) is 8.20. The number of aromatic nitrogens is 1. The normalized spacial score (nSPS) is 16.6. The molecule has 0 unspecified atom stereocenters. The first-order valence-corrected chi connectivity index (χ1v) is 9.28. The van der Waals surface area contributed by atoms with E-state index in [1.54, 1.807) is 6.08 Å². The van der Waals surface area contributed by atoms with Gasteiger partial charge in [-0.05, 0) is 35.1 Å². The van der Waals surface area contributed by atoms with Crippen molar-refractivity contribution in [3.8, 4) is 23.3 Å². The minimum absolute atomic E-state index is 0.228. The average molecular weight is 449 g/mol. The van der Waals surface area contributed by atoms with Crippen molar-refractivity contribution in [2.45, 2.75) is 32.7 Å². The summed E-state index contributed by atoms with van der Waals surface area (Å²) in [5, 5.41) is 0.965. The van der Waals surface area contributed by atoms with Crippen LogP contribution in [0.1, 0.15) is 36.7 Å². The predicted molar refractivity (Wildman–Crippen MR) is 102 cm³/mol. The number of carbonyl (C=O) groups is 1. The second kappa shape index (κ2) is 6.64. The van der Waals surface area contributed by atoms with Crippen molar-refractivity contribution in [2.24, 2.45) is 0 Å². The zero-order valence-corrected chi connectivity index (χ0v) is 15.9. The molecule has 5 nitrogen and oxygen atoms in total. The highest BCUT2D eigenvalue weighted by atomic mass is 127. The Kier molecular flexibility index (Phi) is 4.34. The molecule has 0 aliphatic carbocycles. The molecule has 0 radical (unpaired) electrons. The molecule has 25 heavy (non-hydrogen) atoms. The lowest BCUT2D eigenvalue weighted by molar-refractivity contribution is 0.0562. The number of allylic oxidation sites excluding steroid dienone is 2. The molecule has 0 amide bonds. The first kappa shape index (κ1) is 16.3. The summed E-state index contributed by atoms with van der Waals surface area (Å²) in [4.78, 5) is 12.5.